The lowest BCUT2D eigenvalue weighted by Crippen LogP contribution is -2.40. The highest BCUT2D eigenvalue weighted by Crippen LogP contribution is 2.24. The van der Waals surface area contributed by atoms with E-state index in [0.29, 0.717) is 13.0 Å². The van der Waals surface area contributed by atoms with Crippen molar-refractivity contribution in [1.82, 2.24) is 15.1 Å². The summed E-state index contributed by atoms with van der Waals surface area (Å²) in [7, 11) is 2.06. The van der Waals surface area contributed by atoms with Crippen molar-refractivity contribution >= 4 is 47.2 Å². The van der Waals surface area contributed by atoms with Gasteiger partial charge in [0.25, 0.3) is 0 Å². The smallest absolute Gasteiger partial charge is 0.224 e. The topological polar surface area (TPSA) is 47.9 Å². The largest absolute Gasteiger partial charge is 0.357 e. The lowest BCUT2D eigenvalue weighted by molar-refractivity contribution is -0.131. The zero-order valence-corrected chi connectivity index (χ0v) is 18.7. The van der Waals surface area contributed by atoms with Gasteiger partial charge in [0.05, 0.1) is 6.54 Å². The average molecular weight is 478 g/mol. The zero-order valence-electron chi connectivity index (χ0n) is 15.6. The number of hydrogen-bond acceptors (Lipinski definition) is 3. The number of guanidine groups is 1. The summed E-state index contributed by atoms with van der Waals surface area (Å²) in [4.78, 5) is 22.6. The van der Waals surface area contributed by atoms with Crippen LogP contribution in [0.4, 0.5) is 0 Å². The van der Waals surface area contributed by atoms with Crippen LogP contribution in [0, 0.1) is 0 Å². The van der Waals surface area contributed by atoms with E-state index in [4.69, 9.17) is 0 Å². The molecule has 25 heavy (non-hydrogen) atoms. The second kappa shape index (κ2) is 11.7. The Kier molecular flexibility index (Phi) is 10.4. The first-order valence-electron chi connectivity index (χ1n) is 8.98. The molecule has 1 aromatic heterocycles. The maximum Gasteiger partial charge on any atom is 0.224 e. The minimum atomic E-state index is 0. The molecule has 2 heterocycles. The highest BCUT2D eigenvalue weighted by Gasteiger charge is 2.20. The Hall–Kier alpha value is -0.830. The molecule has 7 heteroatoms. The van der Waals surface area contributed by atoms with Gasteiger partial charge < -0.3 is 15.1 Å². The molecule has 0 spiro atoms. The second-order valence-corrected chi connectivity index (χ2v) is 7.20. The Labute approximate surface area is 172 Å². The van der Waals surface area contributed by atoms with Crippen molar-refractivity contribution in [3.63, 3.8) is 0 Å². The Morgan fingerprint density at radius 3 is 2.96 bits per heavy atom. The van der Waals surface area contributed by atoms with Gasteiger partial charge in [0, 0.05) is 44.5 Å². The van der Waals surface area contributed by atoms with E-state index in [1.54, 1.807) is 11.3 Å². The number of nitrogens with one attached hydrogen (secondary N) is 1. The molecule has 0 aromatic carbocycles. The van der Waals surface area contributed by atoms with Gasteiger partial charge in [0.1, 0.15) is 0 Å². The molecule has 1 aliphatic rings. The third kappa shape index (κ3) is 6.77. The molecule has 0 atom stereocenters. The van der Waals surface area contributed by atoms with Crippen molar-refractivity contribution in [3.05, 3.63) is 21.9 Å². The number of carbonyl (C=O) groups is 1. The molecule has 142 valence electrons. The van der Waals surface area contributed by atoms with Crippen LogP contribution >= 0.6 is 35.3 Å². The summed E-state index contributed by atoms with van der Waals surface area (Å²) in [6, 6.07) is 2.14. The van der Waals surface area contributed by atoms with Crippen molar-refractivity contribution in [2.75, 3.05) is 33.2 Å². The van der Waals surface area contributed by atoms with E-state index in [0.717, 1.165) is 45.0 Å². The number of unbranched alkanes of at least 4 members (excludes halogenated alkanes) is 1. The summed E-state index contributed by atoms with van der Waals surface area (Å²) < 4.78 is 0. The first-order chi connectivity index (χ1) is 11.7. The van der Waals surface area contributed by atoms with Gasteiger partial charge in [-0.05, 0) is 36.8 Å². The van der Waals surface area contributed by atoms with Crippen molar-refractivity contribution in [2.45, 2.75) is 46.1 Å². The minimum absolute atomic E-state index is 0. The van der Waals surface area contributed by atoms with Gasteiger partial charge >= 0.3 is 0 Å². The van der Waals surface area contributed by atoms with Gasteiger partial charge in [-0.1, -0.05) is 13.3 Å². The van der Waals surface area contributed by atoms with Crippen LogP contribution in [0.1, 0.15) is 43.6 Å². The number of nitrogens with zero attached hydrogens (tertiary/aromatic N) is 3. The first-order valence-corrected chi connectivity index (χ1v) is 9.86. The molecule has 1 aromatic rings. The number of amides is 1. The SMILES string of the molecule is CCCCN(C)C(=NCCC(=O)N1CCc2sccc2C1)NCC.I. The van der Waals surface area contributed by atoms with Crippen molar-refractivity contribution in [2.24, 2.45) is 4.99 Å². The van der Waals surface area contributed by atoms with Gasteiger partial charge in [-0.3, -0.25) is 9.79 Å². The number of halogens is 1. The van der Waals surface area contributed by atoms with Crippen molar-refractivity contribution in [1.29, 1.82) is 0 Å². The standard InChI is InChI=1S/C18H30N4OS.HI/c1-4-6-11-21(3)18(19-5-2)20-10-7-17(23)22-12-8-16-15(14-22)9-13-24-16;/h9,13H,4-8,10-12,14H2,1-3H3,(H,19,20);1H. The lowest BCUT2D eigenvalue weighted by atomic mass is 10.1. The number of carbonyl (C=O) groups excluding carboxylic acids is 1. The van der Waals surface area contributed by atoms with E-state index >= 15 is 0 Å². The Morgan fingerprint density at radius 2 is 2.24 bits per heavy atom. The van der Waals surface area contributed by atoms with E-state index in [1.807, 2.05) is 4.90 Å². The van der Waals surface area contributed by atoms with Crippen LogP contribution in [0.15, 0.2) is 16.4 Å². The third-order valence-corrected chi connectivity index (χ3v) is 5.31. The molecular weight excluding hydrogens is 447 g/mol. The minimum Gasteiger partial charge on any atom is -0.357 e. The number of hydrogen-bond donors (Lipinski definition) is 1. The summed E-state index contributed by atoms with van der Waals surface area (Å²) in [5.41, 5.74) is 1.32. The van der Waals surface area contributed by atoms with Crippen LogP contribution < -0.4 is 5.32 Å². The molecular formula is C18H31IN4OS. The van der Waals surface area contributed by atoms with Gasteiger partial charge in [-0.25, -0.2) is 0 Å². The van der Waals surface area contributed by atoms with E-state index in [-0.39, 0.29) is 29.9 Å². The Morgan fingerprint density at radius 1 is 1.44 bits per heavy atom. The number of thiophene rings is 1. The Balaban J connectivity index is 0.00000312. The third-order valence-electron chi connectivity index (χ3n) is 4.29. The molecule has 1 N–H and O–H groups in total. The predicted molar refractivity (Wildman–Crippen MR) is 117 cm³/mol. The molecule has 1 aliphatic heterocycles. The quantitative estimate of drug-likeness (QED) is 0.372. The molecule has 0 fully saturated rings. The van der Waals surface area contributed by atoms with Crippen molar-refractivity contribution < 1.29 is 4.79 Å². The van der Waals surface area contributed by atoms with E-state index in [9.17, 15) is 4.79 Å². The number of aliphatic imine (C=N–C) groups is 1. The molecule has 1 amide bonds. The van der Waals surface area contributed by atoms with E-state index in [2.05, 4.69) is 47.6 Å². The van der Waals surface area contributed by atoms with Gasteiger partial charge in [-0.15, -0.1) is 35.3 Å². The monoisotopic (exact) mass is 478 g/mol. The molecule has 0 saturated heterocycles. The fourth-order valence-corrected chi connectivity index (χ4v) is 3.74. The molecule has 5 nitrogen and oxygen atoms in total. The van der Waals surface area contributed by atoms with Crippen LogP contribution in [0.2, 0.25) is 0 Å². The molecule has 0 saturated carbocycles. The van der Waals surface area contributed by atoms with Gasteiger partial charge in [0.15, 0.2) is 5.96 Å². The summed E-state index contributed by atoms with van der Waals surface area (Å²) in [5, 5.41) is 5.43. The van der Waals surface area contributed by atoms with Crippen LogP contribution in [-0.2, 0) is 17.8 Å². The number of fused-ring (bicyclic) bond motifs is 1. The molecule has 0 bridgehead atoms. The summed E-state index contributed by atoms with van der Waals surface area (Å²) in [6.45, 7) is 8.24. The van der Waals surface area contributed by atoms with Gasteiger partial charge in [0.2, 0.25) is 5.91 Å². The van der Waals surface area contributed by atoms with Gasteiger partial charge in [-0.2, -0.15) is 0 Å². The maximum atomic E-state index is 12.4. The average Bonchev–Trinajstić information content (AvgIpc) is 3.06. The lowest BCUT2D eigenvalue weighted by Gasteiger charge is -2.27. The van der Waals surface area contributed by atoms with Crippen LogP contribution in [0.25, 0.3) is 0 Å². The summed E-state index contributed by atoms with van der Waals surface area (Å²) >= 11 is 1.80. The van der Waals surface area contributed by atoms with Crippen molar-refractivity contribution in [3.8, 4) is 0 Å². The fraction of sp³-hybridized carbons (Fsp3) is 0.667. The molecule has 0 unspecified atom stereocenters. The highest BCUT2D eigenvalue weighted by atomic mass is 127. The summed E-state index contributed by atoms with van der Waals surface area (Å²) in [6.07, 6.45) is 3.79. The first kappa shape index (κ1) is 22.2. The number of rotatable bonds is 7. The molecule has 0 radical (unpaired) electrons. The van der Waals surface area contributed by atoms with E-state index < -0.39 is 0 Å². The molecule has 2 rings (SSSR count). The van der Waals surface area contributed by atoms with Crippen LogP contribution in [0.3, 0.4) is 0 Å². The van der Waals surface area contributed by atoms with Crippen LogP contribution in [0.5, 0.6) is 0 Å². The normalized spacial score (nSPS) is 13.9. The summed E-state index contributed by atoms with van der Waals surface area (Å²) in [5.74, 6) is 1.11. The van der Waals surface area contributed by atoms with Crippen LogP contribution in [-0.4, -0.2) is 54.9 Å². The zero-order chi connectivity index (χ0) is 17.4. The predicted octanol–water partition coefficient (Wildman–Crippen LogP) is 3.34. The molecule has 0 aliphatic carbocycles. The van der Waals surface area contributed by atoms with E-state index in [1.165, 1.54) is 16.9 Å². The Bertz CT molecular complexity index is 561. The maximum absolute atomic E-state index is 12.4. The second-order valence-electron chi connectivity index (χ2n) is 6.20. The highest BCUT2D eigenvalue weighted by molar-refractivity contribution is 14.0. The fourth-order valence-electron chi connectivity index (χ4n) is 2.85.